The SMILES string of the molecule is O=C1c2ccccc2C(=O)N1c1n[nH]c(-c2ccc(F)cc2)c1C1CC1. The topological polar surface area (TPSA) is 66.1 Å². The molecule has 1 aliphatic heterocycles. The number of carbonyl (C=O) groups is 2. The van der Waals surface area contributed by atoms with Crippen molar-refractivity contribution in [3.63, 3.8) is 0 Å². The van der Waals surface area contributed by atoms with Gasteiger partial charge in [0.2, 0.25) is 0 Å². The Balaban J connectivity index is 1.64. The van der Waals surface area contributed by atoms with E-state index in [1.165, 1.54) is 12.1 Å². The minimum atomic E-state index is -0.357. The largest absolute Gasteiger partial charge is 0.275 e. The van der Waals surface area contributed by atoms with Crippen molar-refractivity contribution >= 4 is 17.6 Å². The molecule has 0 radical (unpaired) electrons. The summed E-state index contributed by atoms with van der Waals surface area (Å²) < 4.78 is 13.3. The highest BCUT2D eigenvalue weighted by atomic mass is 19.1. The van der Waals surface area contributed by atoms with E-state index in [0.29, 0.717) is 16.9 Å². The van der Waals surface area contributed by atoms with Crippen LogP contribution >= 0.6 is 0 Å². The summed E-state index contributed by atoms with van der Waals surface area (Å²) in [5.41, 5.74) is 3.16. The van der Waals surface area contributed by atoms with Gasteiger partial charge in [-0.15, -0.1) is 0 Å². The highest BCUT2D eigenvalue weighted by Crippen LogP contribution is 2.48. The van der Waals surface area contributed by atoms with Crippen LogP contribution in [-0.2, 0) is 0 Å². The molecule has 1 fully saturated rings. The van der Waals surface area contributed by atoms with E-state index < -0.39 is 0 Å². The van der Waals surface area contributed by atoms with Crippen LogP contribution in [0.4, 0.5) is 10.2 Å². The van der Waals surface area contributed by atoms with Gasteiger partial charge < -0.3 is 0 Å². The molecule has 3 aromatic rings. The Bertz CT molecular complexity index is 1020. The van der Waals surface area contributed by atoms with Gasteiger partial charge in [-0.1, -0.05) is 12.1 Å². The first-order valence-electron chi connectivity index (χ1n) is 8.47. The van der Waals surface area contributed by atoms with E-state index in [9.17, 15) is 14.0 Å². The van der Waals surface area contributed by atoms with E-state index >= 15 is 0 Å². The predicted molar refractivity (Wildman–Crippen MR) is 93.5 cm³/mol. The van der Waals surface area contributed by atoms with Crippen LogP contribution in [0.1, 0.15) is 45.0 Å². The predicted octanol–water partition coefficient (Wildman–Crippen LogP) is 3.89. The lowest BCUT2D eigenvalue weighted by Crippen LogP contribution is -2.30. The smallest absolute Gasteiger partial charge is 0.267 e. The fraction of sp³-hybridized carbons (Fsp3) is 0.150. The zero-order valence-electron chi connectivity index (χ0n) is 13.7. The van der Waals surface area contributed by atoms with E-state index in [-0.39, 0.29) is 23.5 Å². The third kappa shape index (κ3) is 2.12. The summed E-state index contributed by atoms with van der Waals surface area (Å²) in [6.45, 7) is 0. The number of amides is 2. The van der Waals surface area contributed by atoms with Crippen LogP contribution in [0.3, 0.4) is 0 Å². The lowest BCUT2D eigenvalue weighted by molar-refractivity contribution is 0.0924. The lowest BCUT2D eigenvalue weighted by Gasteiger charge is -2.13. The lowest BCUT2D eigenvalue weighted by atomic mass is 10.0. The van der Waals surface area contributed by atoms with Crippen LogP contribution < -0.4 is 4.90 Å². The van der Waals surface area contributed by atoms with E-state index in [2.05, 4.69) is 10.2 Å². The third-order valence-corrected chi connectivity index (χ3v) is 4.91. The van der Waals surface area contributed by atoms with E-state index in [0.717, 1.165) is 34.6 Å². The fourth-order valence-electron chi connectivity index (χ4n) is 3.49. The summed E-state index contributed by atoms with van der Waals surface area (Å²) in [5.74, 6) is -0.428. The number of hydrogen-bond acceptors (Lipinski definition) is 3. The number of aromatic amines is 1. The van der Waals surface area contributed by atoms with Gasteiger partial charge in [0.05, 0.1) is 16.8 Å². The quantitative estimate of drug-likeness (QED) is 0.731. The second-order valence-electron chi connectivity index (χ2n) is 6.61. The number of H-pyrrole nitrogens is 1. The molecule has 2 aliphatic rings. The zero-order valence-corrected chi connectivity index (χ0v) is 13.7. The Morgan fingerprint density at radius 2 is 1.58 bits per heavy atom. The number of benzene rings is 2. The average molecular weight is 347 g/mol. The highest BCUT2D eigenvalue weighted by molar-refractivity contribution is 6.34. The molecule has 0 saturated heterocycles. The van der Waals surface area contributed by atoms with Gasteiger partial charge in [0.15, 0.2) is 5.82 Å². The van der Waals surface area contributed by atoms with Crippen molar-refractivity contribution in [2.24, 2.45) is 0 Å². The zero-order chi connectivity index (χ0) is 17.8. The first-order valence-corrected chi connectivity index (χ1v) is 8.47. The monoisotopic (exact) mass is 347 g/mol. The van der Waals surface area contributed by atoms with Gasteiger partial charge in [-0.3, -0.25) is 14.7 Å². The molecule has 0 atom stereocenters. The molecule has 128 valence electrons. The van der Waals surface area contributed by atoms with Crippen molar-refractivity contribution in [2.75, 3.05) is 4.90 Å². The number of hydrogen-bond donors (Lipinski definition) is 1. The molecule has 5 rings (SSSR count). The Hall–Kier alpha value is -3.28. The van der Waals surface area contributed by atoms with E-state index in [1.807, 2.05) is 0 Å². The number of rotatable bonds is 3. The number of fused-ring (bicyclic) bond motifs is 1. The standard InChI is InChI=1S/C20H14FN3O2/c21-13-9-7-12(8-10-13)17-16(11-5-6-11)18(23-22-17)24-19(25)14-3-1-2-4-15(14)20(24)26/h1-4,7-11H,5-6H2,(H,22,23). The maximum Gasteiger partial charge on any atom is 0.267 e. The number of aromatic nitrogens is 2. The highest BCUT2D eigenvalue weighted by Gasteiger charge is 2.42. The van der Waals surface area contributed by atoms with Gasteiger partial charge in [-0.2, -0.15) is 5.10 Å². The first kappa shape index (κ1) is 15.0. The second kappa shape index (κ2) is 5.36. The van der Waals surface area contributed by atoms with Crippen molar-refractivity contribution in [1.82, 2.24) is 10.2 Å². The van der Waals surface area contributed by atoms with Crippen molar-refractivity contribution < 1.29 is 14.0 Å². The minimum Gasteiger partial charge on any atom is -0.275 e. The molecule has 0 bridgehead atoms. The summed E-state index contributed by atoms with van der Waals surface area (Å²) in [5, 5.41) is 7.27. The summed E-state index contributed by atoms with van der Waals surface area (Å²) in [6.07, 6.45) is 1.95. The molecule has 1 saturated carbocycles. The molecule has 1 aliphatic carbocycles. The minimum absolute atomic E-state index is 0.244. The van der Waals surface area contributed by atoms with Gasteiger partial charge in [-0.05, 0) is 55.2 Å². The molecule has 1 N–H and O–H groups in total. The third-order valence-electron chi connectivity index (χ3n) is 4.91. The summed E-state index contributed by atoms with van der Waals surface area (Å²) >= 11 is 0. The number of nitrogens with zero attached hydrogens (tertiary/aromatic N) is 2. The van der Waals surface area contributed by atoms with Crippen LogP contribution in [0.25, 0.3) is 11.3 Å². The molecule has 2 amide bonds. The number of imide groups is 1. The van der Waals surface area contributed by atoms with Gasteiger partial charge in [0.25, 0.3) is 11.8 Å². The molecular formula is C20H14FN3O2. The summed E-state index contributed by atoms with van der Waals surface area (Å²) in [6, 6.07) is 12.9. The Morgan fingerprint density at radius 1 is 0.962 bits per heavy atom. The Morgan fingerprint density at radius 3 is 2.15 bits per heavy atom. The van der Waals surface area contributed by atoms with Gasteiger partial charge in [0.1, 0.15) is 5.82 Å². The maximum absolute atomic E-state index is 13.3. The number of carbonyl (C=O) groups excluding carboxylic acids is 2. The molecule has 5 nitrogen and oxygen atoms in total. The molecule has 2 heterocycles. The molecule has 2 aromatic carbocycles. The van der Waals surface area contributed by atoms with Gasteiger partial charge in [-0.25, -0.2) is 9.29 Å². The van der Waals surface area contributed by atoms with Crippen LogP contribution in [0, 0.1) is 5.82 Å². The summed E-state index contributed by atoms with van der Waals surface area (Å²) in [7, 11) is 0. The maximum atomic E-state index is 13.3. The van der Waals surface area contributed by atoms with Crippen molar-refractivity contribution in [1.29, 1.82) is 0 Å². The van der Waals surface area contributed by atoms with Crippen LogP contribution in [0.5, 0.6) is 0 Å². The van der Waals surface area contributed by atoms with Crippen LogP contribution in [0.2, 0.25) is 0 Å². The molecule has 1 aromatic heterocycles. The molecular weight excluding hydrogens is 333 g/mol. The number of anilines is 1. The van der Waals surface area contributed by atoms with Crippen molar-refractivity contribution in [2.45, 2.75) is 18.8 Å². The molecule has 0 spiro atoms. The van der Waals surface area contributed by atoms with E-state index in [1.54, 1.807) is 36.4 Å². The molecule has 0 unspecified atom stereocenters. The second-order valence-corrected chi connectivity index (χ2v) is 6.61. The Labute approximate surface area is 148 Å². The fourth-order valence-corrected chi connectivity index (χ4v) is 3.49. The van der Waals surface area contributed by atoms with Crippen LogP contribution in [-0.4, -0.2) is 22.0 Å². The van der Waals surface area contributed by atoms with Gasteiger partial charge >= 0.3 is 0 Å². The Kier molecular flexibility index (Phi) is 3.09. The van der Waals surface area contributed by atoms with E-state index in [4.69, 9.17) is 0 Å². The van der Waals surface area contributed by atoms with Crippen molar-refractivity contribution in [3.05, 3.63) is 71.0 Å². The number of halogens is 1. The molecule has 6 heteroatoms. The number of nitrogens with one attached hydrogen (secondary N) is 1. The first-order chi connectivity index (χ1) is 12.6. The van der Waals surface area contributed by atoms with Gasteiger partial charge in [0, 0.05) is 11.1 Å². The molecule has 26 heavy (non-hydrogen) atoms. The average Bonchev–Trinajstić information content (AvgIpc) is 3.36. The van der Waals surface area contributed by atoms with Crippen molar-refractivity contribution in [3.8, 4) is 11.3 Å². The normalized spacial score (nSPS) is 16.3. The summed E-state index contributed by atoms with van der Waals surface area (Å²) in [4.78, 5) is 26.7. The van der Waals surface area contributed by atoms with Crippen LogP contribution in [0.15, 0.2) is 48.5 Å².